The average molecular weight is 279 g/mol. The predicted molar refractivity (Wildman–Crippen MR) is 72.9 cm³/mol. The first-order chi connectivity index (χ1) is 7.87. The zero-order valence-corrected chi connectivity index (χ0v) is 12.1. The number of sulfone groups is 1. The summed E-state index contributed by atoms with van der Waals surface area (Å²) in [5.74, 6) is 0.368. The number of rotatable bonds is 5. The third kappa shape index (κ3) is 5.21. The van der Waals surface area contributed by atoms with Gasteiger partial charge in [-0.1, -0.05) is 19.8 Å². The monoisotopic (exact) mass is 279 g/mol. The Kier molecular flexibility index (Phi) is 5.19. The van der Waals surface area contributed by atoms with Crippen molar-refractivity contribution in [3.63, 3.8) is 0 Å². The number of unbranched alkanes of at least 4 members (excludes halogenated alkanes) is 2. The molecule has 0 aromatic heterocycles. The summed E-state index contributed by atoms with van der Waals surface area (Å²) in [6.45, 7) is 4.60. The van der Waals surface area contributed by atoms with Crippen molar-refractivity contribution in [3.05, 3.63) is 0 Å². The van der Waals surface area contributed by atoms with E-state index in [4.69, 9.17) is 17.0 Å². The highest BCUT2D eigenvalue weighted by atomic mass is 32.2. The van der Waals surface area contributed by atoms with Gasteiger partial charge in [0.05, 0.1) is 23.7 Å². The third-order valence-electron chi connectivity index (χ3n) is 2.89. The number of nitrogens with one attached hydrogen (secondary N) is 1. The van der Waals surface area contributed by atoms with E-state index in [2.05, 4.69) is 12.2 Å². The molecule has 0 bridgehead atoms. The number of hydrogen-bond acceptors (Lipinski definition) is 4. The highest BCUT2D eigenvalue weighted by Crippen LogP contribution is 2.22. The number of ether oxygens (including phenoxy) is 1. The molecular weight excluding hydrogens is 258 g/mol. The molecule has 1 atom stereocenters. The van der Waals surface area contributed by atoms with Gasteiger partial charge in [-0.05, 0) is 32.0 Å². The minimum atomic E-state index is -2.91. The van der Waals surface area contributed by atoms with E-state index in [0.29, 0.717) is 18.2 Å². The maximum Gasteiger partial charge on any atom is 0.257 e. The third-order valence-corrected chi connectivity index (χ3v) is 5.01. The molecule has 1 heterocycles. The first-order valence-corrected chi connectivity index (χ1v) is 8.25. The molecule has 0 aliphatic carbocycles. The van der Waals surface area contributed by atoms with Crippen LogP contribution < -0.4 is 5.32 Å². The summed E-state index contributed by atoms with van der Waals surface area (Å²) < 4.78 is 28.2. The van der Waals surface area contributed by atoms with Crippen molar-refractivity contribution in [1.82, 2.24) is 5.32 Å². The van der Waals surface area contributed by atoms with Crippen LogP contribution in [0.25, 0.3) is 0 Å². The van der Waals surface area contributed by atoms with E-state index in [1.54, 1.807) is 0 Å². The van der Waals surface area contributed by atoms with E-state index >= 15 is 0 Å². The Morgan fingerprint density at radius 3 is 2.71 bits per heavy atom. The van der Waals surface area contributed by atoms with E-state index in [0.717, 1.165) is 19.3 Å². The molecule has 1 aliphatic rings. The van der Waals surface area contributed by atoms with E-state index < -0.39 is 15.4 Å². The molecule has 4 nitrogen and oxygen atoms in total. The fraction of sp³-hybridized carbons (Fsp3) is 0.909. The second kappa shape index (κ2) is 6.00. The Morgan fingerprint density at radius 1 is 1.47 bits per heavy atom. The molecule has 17 heavy (non-hydrogen) atoms. The topological polar surface area (TPSA) is 55.4 Å². The number of thiocarbonyl (C=S) groups is 1. The van der Waals surface area contributed by atoms with Gasteiger partial charge >= 0.3 is 0 Å². The van der Waals surface area contributed by atoms with Crippen molar-refractivity contribution in [2.24, 2.45) is 0 Å². The summed E-state index contributed by atoms with van der Waals surface area (Å²) in [4.78, 5) is 0. The van der Waals surface area contributed by atoms with E-state index in [9.17, 15) is 8.42 Å². The molecule has 0 saturated carbocycles. The van der Waals surface area contributed by atoms with Crippen molar-refractivity contribution < 1.29 is 13.2 Å². The molecule has 0 aromatic rings. The lowest BCUT2D eigenvalue weighted by molar-refractivity contribution is 0.274. The van der Waals surface area contributed by atoms with Gasteiger partial charge in [-0.3, -0.25) is 0 Å². The summed E-state index contributed by atoms with van der Waals surface area (Å²) in [5, 5.41) is 3.34. The second-order valence-electron chi connectivity index (χ2n) is 4.87. The van der Waals surface area contributed by atoms with Gasteiger partial charge in [-0.15, -0.1) is 0 Å². The fourth-order valence-electron chi connectivity index (χ4n) is 1.91. The van der Waals surface area contributed by atoms with Crippen molar-refractivity contribution in [2.75, 3.05) is 18.1 Å². The lowest BCUT2D eigenvalue weighted by atomic mass is 10.0. The van der Waals surface area contributed by atoms with Gasteiger partial charge in [0, 0.05) is 0 Å². The van der Waals surface area contributed by atoms with E-state index in [1.807, 2.05) is 6.92 Å². The highest BCUT2D eigenvalue weighted by Gasteiger charge is 2.39. The van der Waals surface area contributed by atoms with Crippen molar-refractivity contribution >= 4 is 27.2 Å². The Morgan fingerprint density at radius 2 is 2.18 bits per heavy atom. The molecule has 1 aliphatic heterocycles. The van der Waals surface area contributed by atoms with Gasteiger partial charge < -0.3 is 10.1 Å². The van der Waals surface area contributed by atoms with Crippen LogP contribution in [-0.2, 0) is 14.6 Å². The summed E-state index contributed by atoms with van der Waals surface area (Å²) in [7, 11) is -2.91. The molecule has 0 spiro atoms. The van der Waals surface area contributed by atoms with Crippen LogP contribution in [0, 0.1) is 0 Å². The smallest absolute Gasteiger partial charge is 0.257 e. The van der Waals surface area contributed by atoms with Gasteiger partial charge in [0.25, 0.3) is 5.17 Å². The minimum absolute atomic E-state index is 0.137. The van der Waals surface area contributed by atoms with Gasteiger partial charge in [0.15, 0.2) is 9.84 Å². The van der Waals surface area contributed by atoms with E-state index in [1.165, 1.54) is 0 Å². The van der Waals surface area contributed by atoms with Gasteiger partial charge in [0.2, 0.25) is 0 Å². The Labute approximate surface area is 109 Å². The SMILES string of the molecule is CCCCCOC(=S)NC1(C)CCS(=O)(=O)C1. The molecule has 0 amide bonds. The highest BCUT2D eigenvalue weighted by molar-refractivity contribution is 7.91. The Bertz CT molecular complexity index is 367. The van der Waals surface area contributed by atoms with Crippen LogP contribution in [0.5, 0.6) is 0 Å². The zero-order valence-electron chi connectivity index (χ0n) is 10.5. The lowest BCUT2D eigenvalue weighted by Crippen LogP contribution is -2.47. The summed E-state index contributed by atoms with van der Waals surface area (Å²) in [6.07, 6.45) is 3.83. The largest absolute Gasteiger partial charge is 0.471 e. The van der Waals surface area contributed by atoms with E-state index in [-0.39, 0.29) is 11.5 Å². The Hall–Kier alpha value is -0.360. The number of hydrogen-bond donors (Lipinski definition) is 1. The van der Waals surface area contributed by atoms with Crippen LogP contribution in [0.2, 0.25) is 0 Å². The molecule has 6 heteroatoms. The molecule has 1 saturated heterocycles. The van der Waals surface area contributed by atoms with Crippen LogP contribution in [0.1, 0.15) is 39.5 Å². The van der Waals surface area contributed by atoms with Crippen LogP contribution >= 0.6 is 12.2 Å². The first-order valence-electron chi connectivity index (χ1n) is 6.02. The fourth-order valence-corrected chi connectivity index (χ4v) is 4.33. The van der Waals surface area contributed by atoms with Crippen molar-refractivity contribution in [2.45, 2.75) is 45.1 Å². The standard InChI is InChI=1S/C11H21NO3S2/c1-3-4-5-7-15-10(16)12-11(2)6-8-17(13,14)9-11/h3-9H2,1-2H3,(H,12,16). The minimum Gasteiger partial charge on any atom is -0.471 e. The molecule has 100 valence electrons. The zero-order chi connectivity index (χ0) is 12.9. The van der Waals surface area contributed by atoms with Crippen LogP contribution in [-0.4, -0.2) is 37.2 Å². The van der Waals surface area contributed by atoms with Gasteiger partial charge in [-0.2, -0.15) is 0 Å². The Balaban J connectivity index is 2.31. The molecular formula is C11H21NO3S2. The van der Waals surface area contributed by atoms with Gasteiger partial charge in [0.1, 0.15) is 0 Å². The van der Waals surface area contributed by atoms with Crippen molar-refractivity contribution in [1.29, 1.82) is 0 Å². The van der Waals surface area contributed by atoms with Crippen molar-refractivity contribution in [3.8, 4) is 0 Å². The quantitative estimate of drug-likeness (QED) is 0.612. The summed E-state index contributed by atoms with van der Waals surface area (Å²) in [5.41, 5.74) is -0.458. The second-order valence-corrected chi connectivity index (χ2v) is 7.43. The van der Waals surface area contributed by atoms with Gasteiger partial charge in [-0.25, -0.2) is 8.42 Å². The van der Waals surface area contributed by atoms with Crippen LogP contribution in [0.4, 0.5) is 0 Å². The molecule has 1 unspecified atom stereocenters. The first kappa shape index (κ1) is 14.7. The summed E-state index contributed by atoms with van der Waals surface area (Å²) >= 11 is 5.06. The van der Waals surface area contributed by atoms with Crippen LogP contribution in [0.15, 0.2) is 0 Å². The maximum absolute atomic E-state index is 11.4. The average Bonchev–Trinajstić information content (AvgIpc) is 2.47. The normalized spacial score (nSPS) is 26.7. The molecule has 1 N–H and O–H groups in total. The molecule has 1 rings (SSSR count). The maximum atomic E-state index is 11.4. The molecule has 1 fully saturated rings. The van der Waals surface area contributed by atoms with Crippen LogP contribution in [0.3, 0.4) is 0 Å². The summed E-state index contributed by atoms with van der Waals surface area (Å²) in [6, 6.07) is 0. The molecule has 0 aromatic carbocycles. The molecule has 0 radical (unpaired) electrons. The lowest BCUT2D eigenvalue weighted by Gasteiger charge is -2.25. The predicted octanol–water partition coefficient (Wildman–Crippen LogP) is 1.64.